The summed E-state index contributed by atoms with van der Waals surface area (Å²) in [6.45, 7) is 13.8. The van der Waals surface area contributed by atoms with E-state index in [9.17, 15) is 0 Å². The van der Waals surface area contributed by atoms with Gasteiger partial charge in [-0.3, -0.25) is 0 Å². The van der Waals surface area contributed by atoms with Crippen molar-refractivity contribution in [2.45, 2.75) is 52.5 Å². The molecule has 118 valence electrons. The molecule has 0 radical (unpaired) electrons. The first-order valence-electron chi connectivity index (χ1n) is 8.27. The molecular weight excluding hydrogens is 256 g/mol. The van der Waals surface area contributed by atoms with Gasteiger partial charge in [-0.25, -0.2) is 0 Å². The highest BCUT2D eigenvalue weighted by molar-refractivity contribution is 5.27. The van der Waals surface area contributed by atoms with E-state index in [0.717, 1.165) is 13.1 Å². The minimum absolute atomic E-state index is 0.244. The van der Waals surface area contributed by atoms with Crippen LogP contribution in [0.25, 0.3) is 0 Å². The van der Waals surface area contributed by atoms with Gasteiger partial charge < -0.3 is 10.2 Å². The van der Waals surface area contributed by atoms with E-state index in [2.05, 4.69) is 69.2 Å². The van der Waals surface area contributed by atoms with Crippen LogP contribution in [0.15, 0.2) is 24.3 Å². The quantitative estimate of drug-likeness (QED) is 0.906. The second-order valence-electron chi connectivity index (χ2n) is 8.16. The van der Waals surface area contributed by atoms with Gasteiger partial charge in [0, 0.05) is 13.1 Å². The summed E-state index contributed by atoms with van der Waals surface area (Å²) >= 11 is 0. The molecule has 1 aliphatic rings. The fraction of sp³-hybridized carbons (Fsp3) is 0.684. The zero-order valence-corrected chi connectivity index (χ0v) is 14.5. The monoisotopic (exact) mass is 288 g/mol. The Labute approximate surface area is 130 Å². The van der Waals surface area contributed by atoms with Crippen LogP contribution in [-0.4, -0.2) is 31.6 Å². The first kappa shape index (κ1) is 16.5. The summed E-state index contributed by atoms with van der Waals surface area (Å²) in [5.41, 5.74) is 3.51. The SMILES string of the molecule is CN1CCC(C)(CNCc2ccc(C(C)(C)C)cc2)CC1. The van der Waals surface area contributed by atoms with Crippen molar-refractivity contribution in [2.24, 2.45) is 5.41 Å². The van der Waals surface area contributed by atoms with E-state index in [-0.39, 0.29) is 5.41 Å². The third-order valence-corrected chi connectivity index (χ3v) is 4.90. The maximum Gasteiger partial charge on any atom is 0.0205 e. The van der Waals surface area contributed by atoms with E-state index in [0.29, 0.717) is 5.41 Å². The van der Waals surface area contributed by atoms with Gasteiger partial charge in [-0.15, -0.1) is 0 Å². The molecule has 0 unspecified atom stereocenters. The molecule has 1 saturated heterocycles. The average molecular weight is 288 g/mol. The minimum Gasteiger partial charge on any atom is -0.312 e. The Balaban J connectivity index is 1.81. The average Bonchev–Trinajstić information content (AvgIpc) is 2.42. The number of benzene rings is 1. The lowest BCUT2D eigenvalue weighted by Crippen LogP contribution is -2.41. The molecule has 0 saturated carbocycles. The molecule has 0 spiro atoms. The van der Waals surface area contributed by atoms with E-state index >= 15 is 0 Å². The predicted molar refractivity (Wildman–Crippen MR) is 91.7 cm³/mol. The summed E-state index contributed by atoms with van der Waals surface area (Å²) in [6, 6.07) is 9.08. The van der Waals surface area contributed by atoms with E-state index in [1.807, 2.05) is 0 Å². The Morgan fingerprint density at radius 3 is 2.19 bits per heavy atom. The highest BCUT2D eigenvalue weighted by Gasteiger charge is 2.28. The number of nitrogens with zero attached hydrogens (tertiary/aromatic N) is 1. The zero-order chi connectivity index (χ0) is 15.5. The Morgan fingerprint density at radius 2 is 1.67 bits per heavy atom. The molecule has 1 heterocycles. The van der Waals surface area contributed by atoms with Crippen LogP contribution in [-0.2, 0) is 12.0 Å². The van der Waals surface area contributed by atoms with Gasteiger partial charge in [0.15, 0.2) is 0 Å². The van der Waals surface area contributed by atoms with Crippen LogP contribution in [0.3, 0.4) is 0 Å². The van der Waals surface area contributed by atoms with Crippen LogP contribution in [0.2, 0.25) is 0 Å². The molecule has 0 amide bonds. The van der Waals surface area contributed by atoms with Crippen molar-refractivity contribution in [1.82, 2.24) is 10.2 Å². The molecule has 0 bridgehead atoms. The van der Waals surface area contributed by atoms with Crippen LogP contribution < -0.4 is 5.32 Å². The van der Waals surface area contributed by atoms with Crippen molar-refractivity contribution in [3.05, 3.63) is 35.4 Å². The highest BCUT2D eigenvalue weighted by Crippen LogP contribution is 2.29. The van der Waals surface area contributed by atoms with E-state index in [1.54, 1.807) is 0 Å². The molecule has 1 fully saturated rings. The lowest BCUT2D eigenvalue weighted by Gasteiger charge is -2.38. The maximum absolute atomic E-state index is 3.67. The standard InChI is InChI=1S/C19H32N2/c1-18(2,3)17-8-6-16(7-9-17)14-20-15-19(4)10-12-21(5)13-11-19/h6-9,20H,10-15H2,1-5H3. The van der Waals surface area contributed by atoms with E-state index in [1.165, 1.54) is 37.1 Å². The normalized spacial score (nSPS) is 19.7. The molecule has 0 aliphatic carbocycles. The van der Waals surface area contributed by atoms with Gasteiger partial charge in [0.1, 0.15) is 0 Å². The molecule has 1 aromatic carbocycles. The van der Waals surface area contributed by atoms with E-state index < -0.39 is 0 Å². The van der Waals surface area contributed by atoms with Crippen molar-refractivity contribution >= 4 is 0 Å². The number of nitrogens with one attached hydrogen (secondary N) is 1. The Bertz CT molecular complexity index is 434. The molecule has 2 rings (SSSR count). The zero-order valence-electron chi connectivity index (χ0n) is 14.5. The first-order chi connectivity index (χ1) is 9.78. The number of likely N-dealkylation sites (tertiary alicyclic amines) is 1. The summed E-state index contributed by atoms with van der Waals surface area (Å²) in [4.78, 5) is 2.44. The minimum atomic E-state index is 0.244. The molecule has 1 N–H and O–H groups in total. The number of hydrogen-bond donors (Lipinski definition) is 1. The molecule has 0 aromatic heterocycles. The molecular formula is C19H32N2. The second-order valence-corrected chi connectivity index (χ2v) is 8.16. The van der Waals surface area contributed by atoms with Gasteiger partial charge in [0.25, 0.3) is 0 Å². The third kappa shape index (κ3) is 4.82. The molecule has 1 aromatic rings. The molecule has 1 aliphatic heterocycles. The maximum atomic E-state index is 3.67. The largest absolute Gasteiger partial charge is 0.312 e. The molecule has 2 heteroatoms. The van der Waals surface area contributed by atoms with Gasteiger partial charge in [-0.2, -0.15) is 0 Å². The molecule has 2 nitrogen and oxygen atoms in total. The van der Waals surface area contributed by atoms with Gasteiger partial charge in [-0.05, 0) is 54.9 Å². The second kappa shape index (κ2) is 6.50. The van der Waals surface area contributed by atoms with Gasteiger partial charge in [0.2, 0.25) is 0 Å². The summed E-state index contributed by atoms with van der Waals surface area (Å²) in [6.07, 6.45) is 2.61. The summed E-state index contributed by atoms with van der Waals surface area (Å²) < 4.78 is 0. The number of piperidine rings is 1. The Kier molecular flexibility index (Phi) is 5.11. The number of rotatable bonds is 4. The van der Waals surface area contributed by atoms with Crippen molar-refractivity contribution in [2.75, 3.05) is 26.7 Å². The van der Waals surface area contributed by atoms with Crippen molar-refractivity contribution in [1.29, 1.82) is 0 Å². The van der Waals surface area contributed by atoms with E-state index in [4.69, 9.17) is 0 Å². The summed E-state index contributed by atoms with van der Waals surface area (Å²) in [7, 11) is 2.23. The molecule has 21 heavy (non-hydrogen) atoms. The molecule has 0 atom stereocenters. The summed E-state index contributed by atoms with van der Waals surface area (Å²) in [5.74, 6) is 0. The van der Waals surface area contributed by atoms with Crippen molar-refractivity contribution in [3.63, 3.8) is 0 Å². The van der Waals surface area contributed by atoms with Crippen molar-refractivity contribution < 1.29 is 0 Å². The van der Waals surface area contributed by atoms with Crippen LogP contribution in [0.5, 0.6) is 0 Å². The van der Waals surface area contributed by atoms with Crippen LogP contribution in [0.1, 0.15) is 51.7 Å². The summed E-state index contributed by atoms with van der Waals surface area (Å²) in [5, 5.41) is 3.67. The first-order valence-corrected chi connectivity index (χ1v) is 8.27. The Hall–Kier alpha value is -0.860. The van der Waals surface area contributed by atoms with Gasteiger partial charge >= 0.3 is 0 Å². The Morgan fingerprint density at radius 1 is 1.10 bits per heavy atom. The lowest BCUT2D eigenvalue weighted by atomic mass is 9.80. The van der Waals surface area contributed by atoms with Gasteiger partial charge in [0.05, 0.1) is 0 Å². The number of hydrogen-bond acceptors (Lipinski definition) is 2. The lowest BCUT2D eigenvalue weighted by molar-refractivity contribution is 0.137. The van der Waals surface area contributed by atoms with Gasteiger partial charge in [-0.1, -0.05) is 52.0 Å². The van der Waals surface area contributed by atoms with Crippen LogP contribution in [0.4, 0.5) is 0 Å². The fourth-order valence-corrected chi connectivity index (χ4v) is 2.97. The van der Waals surface area contributed by atoms with Crippen molar-refractivity contribution in [3.8, 4) is 0 Å². The smallest absolute Gasteiger partial charge is 0.0205 e. The third-order valence-electron chi connectivity index (χ3n) is 4.90. The van der Waals surface area contributed by atoms with Crippen LogP contribution in [0, 0.1) is 5.41 Å². The topological polar surface area (TPSA) is 15.3 Å². The van der Waals surface area contributed by atoms with Crippen LogP contribution >= 0.6 is 0 Å². The predicted octanol–water partition coefficient (Wildman–Crippen LogP) is 3.81. The highest BCUT2D eigenvalue weighted by atomic mass is 15.1. The fourth-order valence-electron chi connectivity index (χ4n) is 2.97.